The van der Waals surface area contributed by atoms with E-state index in [4.69, 9.17) is 21.5 Å². The maximum atomic E-state index is 12.8. The normalized spacial score (nSPS) is 17.7. The van der Waals surface area contributed by atoms with Crippen molar-refractivity contribution in [2.45, 2.75) is 32.6 Å². The Morgan fingerprint density at radius 2 is 2.00 bits per heavy atom. The molecule has 1 unspecified atom stereocenters. The van der Waals surface area contributed by atoms with Crippen LogP contribution in [-0.4, -0.2) is 49.8 Å². The second kappa shape index (κ2) is 9.23. The number of amides is 1. The first-order valence-electron chi connectivity index (χ1n) is 8.94. The topological polar surface area (TPSA) is 95.9 Å². The maximum Gasteiger partial charge on any atom is 0.247 e. The van der Waals surface area contributed by atoms with Crippen molar-refractivity contribution in [3.8, 4) is 5.75 Å². The number of halogens is 1. The lowest BCUT2D eigenvalue weighted by molar-refractivity contribution is -0.134. The van der Waals surface area contributed by atoms with Crippen LogP contribution >= 0.6 is 11.6 Å². The molecule has 1 aliphatic rings. The molecule has 1 aromatic rings. The Balaban J connectivity index is 2.07. The van der Waals surface area contributed by atoms with E-state index >= 15 is 0 Å². The van der Waals surface area contributed by atoms with Crippen molar-refractivity contribution in [1.29, 1.82) is 0 Å². The molecule has 0 aliphatic carbocycles. The number of carbonyl (C=O) groups excluding carboxylic acids is 1. The van der Waals surface area contributed by atoms with Crippen molar-refractivity contribution < 1.29 is 23.2 Å². The SMILES string of the molecule is COc1cc(Cl)ccc1C1CCN(S(=O)(=O)CC(C(=O)NO)C(C)C)CC1. The molecule has 152 valence electrons. The van der Waals surface area contributed by atoms with Gasteiger partial charge in [-0.05, 0) is 42.4 Å². The summed E-state index contributed by atoms with van der Waals surface area (Å²) in [5, 5.41) is 9.46. The molecule has 2 rings (SSSR count). The van der Waals surface area contributed by atoms with E-state index in [0.717, 1.165) is 5.56 Å². The summed E-state index contributed by atoms with van der Waals surface area (Å²) in [6, 6.07) is 5.50. The number of rotatable bonds is 7. The average molecular weight is 419 g/mol. The van der Waals surface area contributed by atoms with Crippen LogP contribution in [0.5, 0.6) is 5.75 Å². The van der Waals surface area contributed by atoms with Crippen LogP contribution in [0.4, 0.5) is 0 Å². The molecule has 1 amide bonds. The largest absolute Gasteiger partial charge is 0.496 e. The third-order valence-corrected chi connectivity index (χ3v) is 7.29. The van der Waals surface area contributed by atoms with Gasteiger partial charge in [0.25, 0.3) is 0 Å². The summed E-state index contributed by atoms with van der Waals surface area (Å²) in [7, 11) is -2.01. The first-order valence-corrected chi connectivity index (χ1v) is 10.9. The summed E-state index contributed by atoms with van der Waals surface area (Å²) in [5.41, 5.74) is 2.60. The van der Waals surface area contributed by atoms with Gasteiger partial charge in [0.05, 0.1) is 18.8 Å². The van der Waals surface area contributed by atoms with E-state index in [-0.39, 0.29) is 17.6 Å². The summed E-state index contributed by atoms with van der Waals surface area (Å²) in [4.78, 5) is 11.8. The van der Waals surface area contributed by atoms with Crippen LogP contribution in [0.15, 0.2) is 18.2 Å². The zero-order valence-electron chi connectivity index (χ0n) is 15.8. The lowest BCUT2D eigenvalue weighted by Crippen LogP contribution is -2.44. The van der Waals surface area contributed by atoms with Gasteiger partial charge >= 0.3 is 0 Å². The number of carbonyl (C=O) groups is 1. The Morgan fingerprint density at radius 3 is 2.52 bits per heavy atom. The molecule has 9 heteroatoms. The number of ether oxygens (including phenoxy) is 1. The number of hydrogen-bond acceptors (Lipinski definition) is 5. The molecule has 0 aromatic heterocycles. The number of sulfonamides is 1. The Labute approximate surface area is 165 Å². The van der Waals surface area contributed by atoms with Crippen LogP contribution < -0.4 is 10.2 Å². The minimum Gasteiger partial charge on any atom is -0.496 e. The van der Waals surface area contributed by atoms with Crippen LogP contribution in [0.1, 0.15) is 38.2 Å². The zero-order chi connectivity index (χ0) is 20.2. The first kappa shape index (κ1) is 21.9. The number of hydroxylamine groups is 1. The van der Waals surface area contributed by atoms with E-state index in [0.29, 0.717) is 36.7 Å². The Morgan fingerprint density at radius 1 is 1.37 bits per heavy atom. The van der Waals surface area contributed by atoms with Gasteiger partial charge in [0.2, 0.25) is 15.9 Å². The predicted octanol–water partition coefficient (Wildman–Crippen LogP) is 2.64. The molecule has 7 nitrogen and oxygen atoms in total. The third kappa shape index (κ3) is 5.34. The minimum absolute atomic E-state index is 0.185. The number of nitrogens with one attached hydrogen (secondary N) is 1. The van der Waals surface area contributed by atoms with E-state index in [1.54, 1.807) is 32.5 Å². The summed E-state index contributed by atoms with van der Waals surface area (Å²) >= 11 is 6.01. The van der Waals surface area contributed by atoms with Gasteiger partial charge in [-0.1, -0.05) is 31.5 Å². The molecule has 2 N–H and O–H groups in total. The molecule has 0 radical (unpaired) electrons. The van der Waals surface area contributed by atoms with Gasteiger partial charge < -0.3 is 4.74 Å². The van der Waals surface area contributed by atoms with Crippen LogP contribution in [0.2, 0.25) is 5.02 Å². The van der Waals surface area contributed by atoms with Gasteiger partial charge in [0.1, 0.15) is 5.75 Å². The summed E-state index contributed by atoms with van der Waals surface area (Å²) < 4.78 is 32.4. The Bertz CT molecular complexity index is 761. The standard InChI is InChI=1S/C18H27ClN2O5S/c1-12(2)16(18(22)20-23)11-27(24,25)21-8-6-13(7-9-21)15-5-4-14(19)10-17(15)26-3/h4-5,10,12-13,16,23H,6-9,11H2,1-3H3,(H,20,22). The van der Waals surface area contributed by atoms with Crippen molar-refractivity contribution in [2.75, 3.05) is 26.0 Å². The minimum atomic E-state index is -3.60. The molecule has 0 spiro atoms. The van der Waals surface area contributed by atoms with Gasteiger partial charge in [-0.15, -0.1) is 0 Å². The van der Waals surface area contributed by atoms with E-state index < -0.39 is 21.8 Å². The lowest BCUT2D eigenvalue weighted by Gasteiger charge is -2.33. The molecular weight excluding hydrogens is 392 g/mol. The molecule has 1 atom stereocenters. The molecule has 1 aromatic carbocycles. The highest BCUT2D eigenvalue weighted by Crippen LogP contribution is 2.36. The number of methoxy groups -OCH3 is 1. The van der Waals surface area contributed by atoms with E-state index in [1.807, 2.05) is 12.1 Å². The van der Waals surface area contributed by atoms with E-state index in [2.05, 4.69) is 0 Å². The second-order valence-corrected chi connectivity index (χ2v) is 9.61. The predicted molar refractivity (Wildman–Crippen MR) is 104 cm³/mol. The molecule has 0 bridgehead atoms. The van der Waals surface area contributed by atoms with Crippen LogP contribution in [0.25, 0.3) is 0 Å². The van der Waals surface area contributed by atoms with Gasteiger partial charge in [0.15, 0.2) is 0 Å². The summed E-state index contributed by atoms with van der Waals surface area (Å²) in [6.07, 6.45) is 1.32. The van der Waals surface area contributed by atoms with Crippen molar-refractivity contribution in [1.82, 2.24) is 9.79 Å². The highest BCUT2D eigenvalue weighted by atomic mass is 35.5. The van der Waals surface area contributed by atoms with Crippen LogP contribution in [0.3, 0.4) is 0 Å². The zero-order valence-corrected chi connectivity index (χ0v) is 17.4. The molecule has 0 saturated carbocycles. The first-order chi connectivity index (χ1) is 12.7. The van der Waals surface area contributed by atoms with Crippen molar-refractivity contribution in [2.24, 2.45) is 11.8 Å². The van der Waals surface area contributed by atoms with Gasteiger partial charge in [-0.25, -0.2) is 18.2 Å². The molecule has 1 aliphatic heterocycles. The van der Waals surface area contributed by atoms with E-state index in [1.165, 1.54) is 4.31 Å². The molecular formula is C18H27ClN2O5S. The summed E-state index contributed by atoms with van der Waals surface area (Å²) in [5.74, 6) is -1.09. The molecule has 1 saturated heterocycles. The smallest absolute Gasteiger partial charge is 0.247 e. The average Bonchev–Trinajstić information content (AvgIpc) is 2.65. The molecule has 1 fully saturated rings. The van der Waals surface area contributed by atoms with Gasteiger partial charge in [0, 0.05) is 18.1 Å². The second-order valence-electron chi connectivity index (χ2n) is 7.16. The fourth-order valence-electron chi connectivity index (χ4n) is 3.45. The molecule has 1 heterocycles. The van der Waals surface area contributed by atoms with Gasteiger partial charge in [-0.2, -0.15) is 0 Å². The van der Waals surface area contributed by atoms with Crippen molar-refractivity contribution >= 4 is 27.5 Å². The fourth-order valence-corrected chi connectivity index (χ4v) is 5.58. The number of piperidine rings is 1. The van der Waals surface area contributed by atoms with Crippen LogP contribution in [-0.2, 0) is 14.8 Å². The van der Waals surface area contributed by atoms with Crippen molar-refractivity contribution in [3.05, 3.63) is 28.8 Å². The van der Waals surface area contributed by atoms with Crippen molar-refractivity contribution in [3.63, 3.8) is 0 Å². The Kier molecular flexibility index (Phi) is 7.50. The number of hydrogen-bond donors (Lipinski definition) is 2. The number of benzene rings is 1. The highest BCUT2D eigenvalue weighted by molar-refractivity contribution is 7.89. The fraction of sp³-hybridized carbons (Fsp3) is 0.611. The van der Waals surface area contributed by atoms with Gasteiger partial charge in [-0.3, -0.25) is 10.0 Å². The third-order valence-electron chi connectivity index (χ3n) is 5.12. The monoisotopic (exact) mass is 418 g/mol. The maximum absolute atomic E-state index is 12.8. The molecule has 27 heavy (non-hydrogen) atoms. The summed E-state index contributed by atoms with van der Waals surface area (Å²) in [6.45, 7) is 4.28. The van der Waals surface area contributed by atoms with Crippen LogP contribution in [0, 0.1) is 11.8 Å². The lowest BCUT2D eigenvalue weighted by atomic mass is 9.89. The Hall–Kier alpha value is -1.35. The quantitative estimate of drug-likeness (QED) is 0.524. The highest BCUT2D eigenvalue weighted by Gasteiger charge is 2.34. The van der Waals surface area contributed by atoms with E-state index in [9.17, 15) is 13.2 Å². The number of nitrogens with zero attached hydrogens (tertiary/aromatic N) is 1.